The number of ether oxygens (including phenoxy) is 1. The van der Waals surface area contributed by atoms with Crippen molar-refractivity contribution in [2.24, 2.45) is 0 Å². The number of anilines is 1. The van der Waals surface area contributed by atoms with E-state index >= 15 is 0 Å². The Morgan fingerprint density at radius 3 is 2.56 bits per heavy atom. The van der Waals surface area contributed by atoms with Crippen molar-refractivity contribution in [3.63, 3.8) is 0 Å². The third-order valence-corrected chi connectivity index (χ3v) is 2.96. The van der Waals surface area contributed by atoms with Gasteiger partial charge in [-0.3, -0.25) is 4.79 Å². The highest BCUT2D eigenvalue weighted by atomic mass is 16.5. The van der Waals surface area contributed by atoms with Gasteiger partial charge in [0.05, 0.1) is 6.61 Å². The molecule has 100 valence electrons. The van der Waals surface area contributed by atoms with Gasteiger partial charge >= 0.3 is 5.97 Å². The highest BCUT2D eigenvalue weighted by Gasteiger charge is 2.05. The summed E-state index contributed by atoms with van der Waals surface area (Å²) < 4.78 is 4.93. The Bertz CT molecular complexity index is 373. The van der Waals surface area contributed by atoms with Crippen molar-refractivity contribution >= 4 is 11.7 Å². The molecular formula is C15H23NO2. The fourth-order valence-corrected chi connectivity index (χ4v) is 1.98. The zero-order valence-corrected chi connectivity index (χ0v) is 11.6. The number of benzene rings is 1. The van der Waals surface area contributed by atoms with Crippen LogP contribution in [0.1, 0.15) is 32.8 Å². The van der Waals surface area contributed by atoms with Crippen molar-refractivity contribution in [3.8, 4) is 0 Å². The number of hydrogen-bond acceptors (Lipinski definition) is 3. The number of carbonyl (C=O) groups is 1. The number of carbonyl (C=O) groups excluding carboxylic acids is 1. The lowest BCUT2D eigenvalue weighted by Crippen LogP contribution is -2.21. The zero-order valence-electron chi connectivity index (χ0n) is 11.6. The van der Waals surface area contributed by atoms with E-state index in [9.17, 15) is 4.79 Å². The van der Waals surface area contributed by atoms with E-state index in [1.807, 2.05) is 13.0 Å². The Morgan fingerprint density at radius 1 is 1.22 bits per heavy atom. The van der Waals surface area contributed by atoms with Crippen molar-refractivity contribution in [1.82, 2.24) is 0 Å². The van der Waals surface area contributed by atoms with Gasteiger partial charge in [-0.15, -0.1) is 0 Å². The van der Waals surface area contributed by atoms with Crippen LogP contribution in [0.3, 0.4) is 0 Å². The molecule has 1 rings (SSSR count). The molecule has 0 aliphatic rings. The summed E-state index contributed by atoms with van der Waals surface area (Å²) in [5, 5.41) is 0. The molecule has 0 saturated heterocycles. The molecule has 1 aromatic rings. The lowest BCUT2D eigenvalue weighted by Gasteiger charge is -2.21. The molecule has 0 amide bonds. The first-order chi connectivity index (χ1) is 8.71. The van der Waals surface area contributed by atoms with Crippen molar-refractivity contribution in [3.05, 3.63) is 29.8 Å². The number of nitrogens with zero attached hydrogens (tertiary/aromatic N) is 1. The first-order valence-corrected chi connectivity index (χ1v) is 6.70. The average molecular weight is 249 g/mol. The topological polar surface area (TPSA) is 29.5 Å². The molecule has 3 heteroatoms. The molecule has 0 spiro atoms. The van der Waals surface area contributed by atoms with E-state index < -0.39 is 0 Å². The molecule has 0 aromatic heterocycles. The van der Waals surface area contributed by atoms with E-state index in [1.165, 1.54) is 11.3 Å². The first kappa shape index (κ1) is 14.6. The molecule has 0 aliphatic carbocycles. The molecule has 0 bridgehead atoms. The lowest BCUT2D eigenvalue weighted by molar-refractivity contribution is -0.143. The molecule has 1 aromatic carbocycles. The number of hydrogen-bond donors (Lipinski definition) is 0. The average Bonchev–Trinajstić information content (AvgIpc) is 2.39. The Morgan fingerprint density at radius 2 is 1.94 bits per heavy atom. The highest BCUT2D eigenvalue weighted by molar-refractivity contribution is 5.69. The van der Waals surface area contributed by atoms with E-state index in [1.54, 1.807) is 0 Å². The van der Waals surface area contributed by atoms with Crippen LogP contribution in [0.4, 0.5) is 5.69 Å². The first-order valence-electron chi connectivity index (χ1n) is 6.70. The molecule has 3 nitrogen and oxygen atoms in total. The molecule has 0 heterocycles. The fourth-order valence-electron chi connectivity index (χ4n) is 1.98. The maximum atomic E-state index is 11.3. The Balaban J connectivity index is 2.62. The molecule has 0 atom stereocenters. The van der Waals surface area contributed by atoms with Crippen LogP contribution in [0.25, 0.3) is 0 Å². The maximum absolute atomic E-state index is 11.3. The standard InChI is InChI=1S/C15H23NO2/c1-4-16(5-2)14-9-7-8-13(12-14)10-11-15(17)18-6-3/h7-9,12H,4-6,10-11H2,1-3H3. The molecular weight excluding hydrogens is 226 g/mol. The van der Waals surface area contributed by atoms with Gasteiger partial charge in [0.15, 0.2) is 0 Å². The summed E-state index contributed by atoms with van der Waals surface area (Å²) in [5.74, 6) is -0.120. The Labute approximate surface area is 110 Å². The van der Waals surface area contributed by atoms with Gasteiger partial charge in [-0.05, 0) is 44.9 Å². The predicted molar refractivity (Wildman–Crippen MR) is 75.0 cm³/mol. The lowest BCUT2D eigenvalue weighted by atomic mass is 10.1. The number of rotatable bonds is 7. The normalized spacial score (nSPS) is 10.2. The van der Waals surface area contributed by atoms with Gasteiger partial charge in [0, 0.05) is 25.2 Å². The summed E-state index contributed by atoms with van der Waals surface area (Å²) in [6, 6.07) is 8.38. The summed E-state index contributed by atoms with van der Waals surface area (Å²) in [6.45, 7) is 8.58. The molecule has 0 radical (unpaired) electrons. The van der Waals surface area contributed by atoms with Crippen LogP contribution >= 0.6 is 0 Å². The van der Waals surface area contributed by atoms with Gasteiger partial charge in [0.25, 0.3) is 0 Å². The predicted octanol–water partition coefficient (Wildman–Crippen LogP) is 3.03. The monoisotopic (exact) mass is 249 g/mol. The largest absolute Gasteiger partial charge is 0.466 e. The summed E-state index contributed by atoms with van der Waals surface area (Å²) >= 11 is 0. The van der Waals surface area contributed by atoms with Crippen LogP contribution < -0.4 is 4.90 Å². The number of esters is 1. The Hall–Kier alpha value is -1.51. The van der Waals surface area contributed by atoms with Gasteiger partial charge in [0.2, 0.25) is 0 Å². The van der Waals surface area contributed by atoms with Crippen LogP contribution in [0.5, 0.6) is 0 Å². The fraction of sp³-hybridized carbons (Fsp3) is 0.533. The zero-order chi connectivity index (χ0) is 13.4. The second-order valence-electron chi connectivity index (χ2n) is 4.15. The van der Waals surface area contributed by atoms with Crippen LogP contribution in [0.15, 0.2) is 24.3 Å². The van der Waals surface area contributed by atoms with Crippen LogP contribution in [-0.2, 0) is 16.0 Å². The quantitative estimate of drug-likeness (QED) is 0.696. The molecule has 0 unspecified atom stereocenters. The maximum Gasteiger partial charge on any atom is 0.306 e. The van der Waals surface area contributed by atoms with Gasteiger partial charge in [-0.1, -0.05) is 12.1 Å². The number of aryl methyl sites for hydroxylation is 1. The van der Waals surface area contributed by atoms with Crippen molar-refractivity contribution in [2.45, 2.75) is 33.6 Å². The SMILES string of the molecule is CCOC(=O)CCc1cccc(N(CC)CC)c1. The molecule has 0 saturated carbocycles. The summed E-state index contributed by atoms with van der Waals surface area (Å²) in [6.07, 6.45) is 1.20. The van der Waals surface area contributed by atoms with Gasteiger partial charge < -0.3 is 9.64 Å². The molecule has 0 N–H and O–H groups in total. The second-order valence-corrected chi connectivity index (χ2v) is 4.15. The van der Waals surface area contributed by atoms with Crippen LogP contribution in [0.2, 0.25) is 0 Å². The van der Waals surface area contributed by atoms with Gasteiger partial charge in [0.1, 0.15) is 0 Å². The molecule has 0 fully saturated rings. The second kappa shape index (κ2) is 7.75. The third-order valence-electron chi connectivity index (χ3n) is 2.96. The minimum atomic E-state index is -0.120. The third kappa shape index (κ3) is 4.40. The molecule has 18 heavy (non-hydrogen) atoms. The summed E-state index contributed by atoms with van der Waals surface area (Å²) in [4.78, 5) is 13.6. The van der Waals surface area contributed by atoms with E-state index in [4.69, 9.17) is 4.74 Å². The summed E-state index contributed by atoms with van der Waals surface area (Å²) in [7, 11) is 0. The van der Waals surface area contributed by atoms with E-state index in [0.717, 1.165) is 19.5 Å². The Kier molecular flexibility index (Phi) is 6.26. The summed E-state index contributed by atoms with van der Waals surface area (Å²) in [5.41, 5.74) is 2.41. The highest BCUT2D eigenvalue weighted by Crippen LogP contribution is 2.17. The van der Waals surface area contributed by atoms with Crippen molar-refractivity contribution in [1.29, 1.82) is 0 Å². The van der Waals surface area contributed by atoms with Crippen LogP contribution in [0, 0.1) is 0 Å². The minimum Gasteiger partial charge on any atom is -0.466 e. The van der Waals surface area contributed by atoms with Gasteiger partial charge in [-0.25, -0.2) is 0 Å². The smallest absolute Gasteiger partial charge is 0.306 e. The van der Waals surface area contributed by atoms with Crippen molar-refractivity contribution in [2.75, 3.05) is 24.6 Å². The molecule has 0 aliphatic heterocycles. The van der Waals surface area contributed by atoms with E-state index in [2.05, 4.69) is 36.9 Å². The van der Waals surface area contributed by atoms with Gasteiger partial charge in [-0.2, -0.15) is 0 Å². The van der Waals surface area contributed by atoms with Crippen LogP contribution in [-0.4, -0.2) is 25.7 Å². The van der Waals surface area contributed by atoms with E-state index in [0.29, 0.717) is 13.0 Å². The van der Waals surface area contributed by atoms with E-state index in [-0.39, 0.29) is 5.97 Å². The van der Waals surface area contributed by atoms with Crippen molar-refractivity contribution < 1.29 is 9.53 Å². The minimum absolute atomic E-state index is 0.120.